The number of methoxy groups -OCH3 is 1. The minimum atomic E-state index is -0.403. The highest BCUT2D eigenvalue weighted by molar-refractivity contribution is 5.18. The highest BCUT2D eigenvalue weighted by Gasteiger charge is 2.19. The summed E-state index contributed by atoms with van der Waals surface area (Å²) in [5.41, 5.74) is 1.05. The molecule has 0 heterocycles. The highest BCUT2D eigenvalue weighted by Crippen LogP contribution is 2.23. The van der Waals surface area contributed by atoms with Gasteiger partial charge in [0.15, 0.2) is 0 Å². The number of hydrogen-bond donors (Lipinski definition) is 1. The third-order valence-electron chi connectivity index (χ3n) is 3.08. The molecule has 0 aromatic heterocycles. The van der Waals surface area contributed by atoms with Crippen molar-refractivity contribution in [3.05, 3.63) is 35.9 Å². The van der Waals surface area contributed by atoms with Crippen molar-refractivity contribution < 1.29 is 9.84 Å². The molecule has 0 aliphatic rings. The van der Waals surface area contributed by atoms with E-state index in [1.807, 2.05) is 30.3 Å². The van der Waals surface area contributed by atoms with E-state index in [-0.39, 0.29) is 6.10 Å². The highest BCUT2D eigenvalue weighted by atomic mass is 16.5. The van der Waals surface area contributed by atoms with Crippen molar-refractivity contribution in [3.8, 4) is 0 Å². The summed E-state index contributed by atoms with van der Waals surface area (Å²) in [7, 11) is 1.66. The number of aliphatic hydroxyl groups excluding tert-OH is 1. The van der Waals surface area contributed by atoms with Crippen molar-refractivity contribution in [1.82, 2.24) is 0 Å². The summed E-state index contributed by atoms with van der Waals surface area (Å²) in [6.07, 6.45) is 4.95. The minimum Gasteiger partial charge on any atom is -0.390 e. The molecule has 1 aromatic carbocycles. The smallest absolute Gasteiger partial charge is 0.108 e. The molecule has 0 saturated heterocycles. The van der Waals surface area contributed by atoms with Crippen LogP contribution in [0.2, 0.25) is 0 Å². The Balaban J connectivity index is 2.44. The van der Waals surface area contributed by atoms with Gasteiger partial charge in [0.1, 0.15) is 6.10 Å². The van der Waals surface area contributed by atoms with Crippen molar-refractivity contribution in [2.75, 3.05) is 7.11 Å². The Morgan fingerprint density at radius 1 is 1.12 bits per heavy atom. The third kappa shape index (κ3) is 4.88. The Hall–Kier alpha value is -0.860. The van der Waals surface area contributed by atoms with Gasteiger partial charge >= 0.3 is 0 Å². The first-order valence-electron chi connectivity index (χ1n) is 6.55. The maximum Gasteiger partial charge on any atom is 0.108 e. The van der Waals surface area contributed by atoms with Crippen LogP contribution in [0.15, 0.2) is 30.3 Å². The molecule has 0 spiro atoms. The van der Waals surface area contributed by atoms with E-state index in [0.717, 1.165) is 18.4 Å². The summed E-state index contributed by atoms with van der Waals surface area (Å²) in [5.74, 6) is 0. The zero-order valence-corrected chi connectivity index (χ0v) is 10.9. The first-order chi connectivity index (χ1) is 8.29. The van der Waals surface area contributed by atoms with Gasteiger partial charge in [-0.25, -0.2) is 0 Å². The van der Waals surface area contributed by atoms with Crippen LogP contribution in [0.1, 0.15) is 50.7 Å². The third-order valence-corrected chi connectivity index (χ3v) is 3.08. The number of benzene rings is 1. The molecule has 1 rings (SSSR count). The molecule has 0 amide bonds. The van der Waals surface area contributed by atoms with Crippen molar-refractivity contribution in [3.63, 3.8) is 0 Å². The molecule has 0 radical (unpaired) electrons. The molecule has 0 fully saturated rings. The van der Waals surface area contributed by atoms with Crippen LogP contribution in [0, 0.1) is 0 Å². The monoisotopic (exact) mass is 236 g/mol. The second-order valence-electron chi connectivity index (χ2n) is 4.48. The van der Waals surface area contributed by atoms with Crippen LogP contribution in [0.4, 0.5) is 0 Å². The van der Waals surface area contributed by atoms with Crippen molar-refractivity contribution >= 4 is 0 Å². The van der Waals surface area contributed by atoms with E-state index in [0.29, 0.717) is 0 Å². The lowest BCUT2D eigenvalue weighted by Crippen LogP contribution is -2.20. The van der Waals surface area contributed by atoms with E-state index in [2.05, 4.69) is 6.92 Å². The zero-order valence-electron chi connectivity index (χ0n) is 10.9. The summed E-state index contributed by atoms with van der Waals surface area (Å²) in [4.78, 5) is 0. The summed E-state index contributed by atoms with van der Waals surface area (Å²) in [6.45, 7) is 2.19. The fourth-order valence-corrected chi connectivity index (χ4v) is 2.09. The van der Waals surface area contributed by atoms with E-state index in [1.54, 1.807) is 7.11 Å². The lowest BCUT2D eigenvalue weighted by atomic mass is 9.99. The maximum atomic E-state index is 10.1. The molecule has 0 aliphatic carbocycles. The summed E-state index contributed by atoms with van der Waals surface area (Å²) in [6, 6.07) is 9.94. The molecule has 17 heavy (non-hydrogen) atoms. The molecule has 0 saturated carbocycles. The predicted molar refractivity (Wildman–Crippen MR) is 71.0 cm³/mol. The van der Waals surface area contributed by atoms with E-state index in [4.69, 9.17) is 4.74 Å². The Kier molecular flexibility index (Phi) is 6.90. The Morgan fingerprint density at radius 2 is 1.82 bits per heavy atom. The van der Waals surface area contributed by atoms with Crippen LogP contribution in [0.25, 0.3) is 0 Å². The van der Waals surface area contributed by atoms with Gasteiger partial charge in [0.2, 0.25) is 0 Å². The molecule has 1 aromatic rings. The average Bonchev–Trinajstić information content (AvgIpc) is 2.37. The number of ether oxygens (including phenoxy) is 1. The van der Waals surface area contributed by atoms with Gasteiger partial charge in [-0.1, -0.05) is 62.9 Å². The standard InChI is InChI=1S/C15H24O2/c1-3-4-5-9-12-14(16)15(17-2)13-10-7-6-8-11-13/h6-8,10-11,14-16H,3-5,9,12H2,1-2H3. The first kappa shape index (κ1) is 14.2. The normalized spacial score (nSPS) is 14.5. The molecule has 2 heteroatoms. The lowest BCUT2D eigenvalue weighted by Gasteiger charge is -2.22. The molecule has 1 N–H and O–H groups in total. The van der Waals surface area contributed by atoms with Gasteiger partial charge in [0, 0.05) is 7.11 Å². The quantitative estimate of drug-likeness (QED) is 0.697. The van der Waals surface area contributed by atoms with Crippen LogP contribution in [-0.4, -0.2) is 18.3 Å². The van der Waals surface area contributed by atoms with Crippen LogP contribution >= 0.6 is 0 Å². The molecule has 0 aliphatic heterocycles. The molecule has 0 bridgehead atoms. The molecular weight excluding hydrogens is 212 g/mol. The first-order valence-corrected chi connectivity index (χ1v) is 6.55. The average molecular weight is 236 g/mol. The Bertz CT molecular complexity index is 284. The number of unbranched alkanes of at least 4 members (excludes halogenated alkanes) is 3. The van der Waals surface area contributed by atoms with E-state index >= 15 is 0 Å². The van der Waals surface area contributed by atoms with Crippen molar-refractivity contribution in [2.45, 2.75) is 51.2 Å². The Morgan fingerprint density at radius 3 is 2.41 bits per heavy atom. The van der Waals surface area contributed by atoms with Crippen molar-refractivity contribution in [1.29, 1.82) is 0 Å². The van der Waals surface area contributed by atoms with Gasteiger partial charge in [0.05, 0.1) is 6.10 Å². The van der Waals surface area contributed by atoms with Gasteiger partial charge in [-0.15, -0.1) is 0 Å². The molecule has 2 atom stereocenters. The Labute approximate surface area is 105 Å². The maximum absolute atomic E-state index is 10.1. The molecule has 2 nitrogen and oxygen atoms in total. The van der Waals surface area contributed by atoms with Crippen LogP contribution in [0.3, 0.4) is 0 Å². The van der Waals surface area contributed by atoms with E-state index in [1.165, 1.54) is 19.3 Å². The molecule has 96 valence electrons. The number of rotatable bonds is 8. The van der Waals surface area contributed by atoms with Crippen molar-refractivity contribution in [2.24, 2.45) is 0 Å². The predicted octanol–water partition coefficient (Wildman–Crippen LogP) is 3.71. The fraction of sp³-hybridized carbons (Fsp3) is 0.600. The van der Waals surface area contributed by atoms with Gasteiger partial charge in [-0.05, 0) is 12.0 Å². The van der Waals surface area contributed by atoms with Gasteiger partial charge < -0.3 is 9.84 Å². The zero-order chi connectivity index (χ0) is 12.5. The van der Waals surface area contributed by atoms with E-state index < -0.39 is 6.10 Å². The summed E-state index contributed by atoms with van der Waals surface area (Å²) < 4.78 is 5.41. The van der Waals surface area contributed by atoms with Gasteiger partial charge in [0.25, 0.3) is 0 Å². The SMILES string of the molecule is CCCCCCC(O)C(OC)c1ccccc1. The minimum absolute atomic E-state index is 0.196. The number of aliphatic hydroxyl groups is 1. The van der Waals surface area contributed by atoms with Crippen LogP contribution < -0.4 is 0 Å². The van der Waals surface area contributed by atoms with E-state index in [9.17, 15) is 5.11 Å². The topological polar surface area (TPSA) is 29.5 Å². The fourth-order valence-electron chi connectivity index (χ4n) is 2.09. The largest absolute Gasteiger partial charge is 0.390 e. The van der Waals surface area contributed by atoms with Crippen LogP contribution in [-0.2, 0) is 4.74 Å². The lowest BCUT2D eigenvalue weighted by molar-refractivity contribution is -0.0183. The molecular formula is C15H24O2. The van der Waals surface area contributed by atoms with Crippen LogP contribution in [0.5, 0.6) is 0 Å². The number of hydrogen-bond acceptors (Lipinski definition) is 2. The molecule has 2 unspecified atom stereocenters. The second-order valence-corrected chi connectivity index (χ2v) is 4.48. The summed E-state index contributed by atoms with van der Waals surface area (Å²) >= 11 is 0. The van der Waals surface area contributed by atoms with Gasteiger partial charge in [-0.2, -0.15) is 0 Å². The summed E-state index contributed by atoms with van der Waals surface area (Å²) in [5, 5.41) is 10.1. The van der Waals surface area contributed by atoms with Gasteiger partial charge in [-0.3, -0.25) is 0 Å². The second kappa shape index (κ2) is 8.26.